The molecule has 0 spiro atoms. The normalized spacial score (nSPS) is 31.9. The van der Waals surface area contributed by atoms with E-state index in [2.05, 4.69) is 29.3 Å². The van der Waals surface area contributed by atoms with Crippen LogP contribution < -0.4 is 10.1 Å². The number of phenolic OH excluding ortho intramolecular Hbond substituents is 1. The van der Waals surface area contributed by atoms with E-state index in [4.69, 9.17) is 9.47 Å². The Hall–Kier alpha value is -5.25. The molecule has 0 saturated heterocycles. The first-order valence-electron chi connectivity index (χ1n) is 25.2. The summed E-state index contributed by atoms with van der Waals surface area (Å²) in [5.41, 5.74) is 3.93. The van der Waals surface area contributed by atoms with Crippen molar-refractivity contribution in [3.8, 4) is 23.3 Å². The predicted octanol–water partition coefficient (Wildman–Crippen LogP) is 7.78. The zero-order chi connectivity index (χ0) is 47.3. The third kappa shape index (κ3) is 9.06. The molecular formula is C57H65NO10. The van der Waals surface area contributed by atoms with Crippen LogP contribution in [0.5, 0.6) is 11.5 Å². The molecule has 7 aliphatic rings. The van der Waals surface area contributed by atoms with Gasteiger partial charge in [0, 0.05) is 60.0 Å². The summed E-state index contributed by atoms with van der Waals surface area (Å²) in [5.74, 6) is 3.35. The number of hydrogen-bond acceptors (Lipinski definition) is 11. The number of phenols is 1. The maximum Gasteiger partial charge on any atom is 0.334 e. The number of aliphatic hydroxyl groups excluding tert-OH is 3. The SMILES string of the molecule is CC(O)CNc1cc(CO)cc(C2C#CC3CC(=O)Oc4c3cc(c(O)c4C3CCCCC3)CC3OC(=O)C(=CC(O)Cc4cccc(c4)CC4C(=O)CCC5C4CC4C=CCCC4C35O)C2)c1. The third-order valence-corrected chi connectivity index (χ3v) is 16.6. The van der Waals surface area contributed by atoms with Crippen molar-refractivity contribution in [3.05, 3.63) is 111 Å². The Morgan fingerprint density at radius 3 is 2.49 bits per heavy atom. The minimum Gasteiger partial charge on any atom is -0.507 e. The Morgan fingerprint density at radius 2 is 1.69 bits per heavy atom. The van der Waals surface area contributed by atoms with E-state index in [0.29, 0.717) is 58.5 Å². The van der Waals surface area contributed by atoms with E-state index in [1.165, 1.54) is 0 Å². The van der Waals surface area contributed by atoms with Gasteiger partial charge in [-0.15, -0.1) is 0 Å². The van der Waals surface area contributed by atoms with Crippen molar-refractivity contribution in [2.75, 3.05) is 11.9 Å². The van der Waals surface area contributed by atoms with Gasteiger partial charge in [0.1, 0.15) is 29.0 Å². The second kappa shape index (κ2) is 19.3. The average Bonchev–Trinajstić information content (AvgIpc) is 3.33. The molecule has 0 radical (unpaired) electrons. The van der Waals surface area contributed by atoms with Crippen molar-refractivity contribution < 1.29 is 49.4 Å². The number of benzene rings is 3. The van der Waals surface area contributed by atoms with Gasteiger partial charge in [0.15, 0.2) is 0 Å². The Kier molecular flexibility index (Phi) is 13.2. The summed E-state index contributed by atoms with van der Waals surface area (Å²) in [6, 6.07) is 15.3. The van der Waals surface area contributed by atoms with Gasteiger partial charge < -0.3 is 40.3 Å². The van der Waals surface area contributed by atoms with Gasteiger partial charge >= 0.3 is 11.9 Å². The molecule has 10 bridgehead atoms. The maximum absolute atomic E-state index is 15.5. The fourth-order valence-electron chi connectivity index (χ4n) is 13.4. The molecule has 6 N–H and O–H groups in total. The van der Waals surface area contributed by atoms with Gasteiger partial charge in [0.2, 0.25) is 0 Å². The number of fused-ring (bicyclic) bond motifs is 9. The number of aromatic hydroxyl groups is 1. The number of nitrogens with one attached hydrogen (secondary N) is 1. The highest BCUT2D eigenvalue weighted by Gasteiger charge is 2.62. The molecule has 11 atom stereocenters. The number of rotatable bonds is 6. The summed E-state index contributed by atoms with van der Waals surface area (Å²) >= 11 is 0. The molecule has 68 heavy (non-hydrogen) atoms. The van der Waals surface area contributed by atoms with E-state index in [9.17, 15) is 35.1 Å². The van der Waals surface area contributed by atoms with Crippen molar-refractivity contribution in [1.82, 2.24) is 0 Å². The number of carbonyl (C=O) groups excluding carboxylic acids is 3. The number of esters is 2. The summed E-state index contributed by atoms with van der Waals surface area (Å²) in [5, 5.41) is 62.7. The summed E-state index contributed by atoms with van der Waals surface area (Å²) in [6.07, 6.45) is 10.8. The fourth-order valence-corrected chi connectivity index (χ4v) is 13.4. The van der Waals surface area contributed by atoms with E-state index < -0.39 is 53.6 Å². The Bertz CT molecular complexity index is 2580. The maximum atomic E-state index is 15.5. The lowest BCUT2D eigenvalue weighted by Gasteiger charge is -2.58. The van der Waals surface area contributed by atoms with Crippen molar-refractivity contribution in [2.45, 2.75) is 152 Å². The number of carbonyl (C=O) groups is 3. The first-order valence-corrected chi connectivity index (χ1v) is 25.2. The van der Waals surface area contributed by atoms with Crippen LogP contribution in [0.1, 0.15) is 141 Å². The van der Waals surface area contributed by atoms with Crippen molar-refractivity contribution >= 4 is 23.4 Å². The van der Waals surface area contributed by atoms with Gasteiger partial charge in [-0.1, -0.05) is 73.6 Å². The molecule has 11 nitrogen and oxygen atoms in total. The fraction of sp³-hybridized carbons (Fsp3) is 0.526. The lowest BCUT2D eigenvalue weighted by atomic mass is 9.49. The van der Waals surface area contributed by atoms with Gasteiger partial charge in [-0.05, 0) is 140 Å². The number of ketones is 1. The van der Waals surface area contributed by atoms with Crippen LogP contribution in [-0.2, 0) is 45.0 Å². The number of allylic oxidation sites excluding steroid dienone is 2. The summed E-state index contributed by atoms with van der Waals surface area (Å²) in [4.78, 5) is 43.4. The van der Waals surface area contributed by atoms with E-state index in [0.717, 1.165) is 56.1 Å². The zero-order valence-electron chi connectivity index (χ0n) is 39.0. The number of anilines is 1. The molecule has 10 rings (SSSR count). The van der Waals surface area contributed by atoms with Crippen LogP contribution in [0.2, 0.25) is 0 Å². The van der Waals surface area contributed by atoms with Crippen LogP contribution in [0.4, 0.5) is 5.69 Å². The molecule has 11 heteroatoms. The van der Waals surface area contributed by atoms with E-state index in [1.54, 1.807) is 19.1 Å². The van der Waals surface area contributed by atoms with E-state index in [1.807, 2.05) is 42.5 Å². The van der Waals surface area contributed by atoms with Gasteiger partial charge in [-0.25, -0.2) is 4.79 Å². The van der Waals surface area contributed by atoms with Gasteiger partial charge in [-0.3, -0.25) is 9.59 Å². The topological polar surface area (TPSA) is 183 Å². The Morgan fingerprint density at radius 1 is 0.897 bits per heavy atom. The monoisotopic (exact) mass is 923 g/mol. The summed E-state index contributed by atoms with van der Waals surface area (Å²) < 4.78 is 13.1. The molecule has 4 aliphatic carbocycles. The lowest BCUT2D eigenvalue weighted by molar-refractivity contribution is -0.221. The van der Waals surface area contributed by atoms with E-state index >= 15 is 4.79 Å². The lowest BCUT2D eigenvalue weighted by Crippen LogP contribution is -2.65. The molecule has 0 amide bonds. The molecular weight excluding hydrogens is 859 g/mol. The van der Waals surface area contributed by atoms with Crippen LogP contribution in [-0.4, -0.2) is 73.7 Å². The standard InChI is InChI=1S/C57H65NO10/c1-32(60)30-58-43-20-35(31-59)19-40(24-43)37-14-15-38-29-52(63)68-55-45(38)27-41(54(64)53(55)36-10-3-2-4-11-36)28-51-57(66)48-13-6-5-12-39(48)26-46-47(50(62)17-16-49(46)57)22-34-9-7-8-33(18-34)21-44(61)25-42(23-37)56(65)67-51/h5,7-9,12,18-20,24-25,27,32,36-39,44,46-49,51,58-61,64,66H,2-4,6,10-11,13,16-17,21-23,26,28-31H2,1H3. The second-order valence-corrected chi connectivity index (χ2v) is 21.0. The molecule has 3 aliphatic heterocycles. The molecule has 11 unspecified atom stereocenters. The molecule has 3 saturated carbocycles. The molecule has 358 valence electrons. The van der Waals surface area contributed by atoms with Gasteiger partial charge in [-0.2, -0.15) is 0 Å². The number of Topliss-reactive ketones (excluding diaryl/α,β-unsaturated/α-hetero) is 1. The average molecular weight is 924 g/mol. The highest BCUT2D eigenvalue weighted by molar-refractivity contribution is 5.89. The number of ether oxygens (including phenoxy) is 2. The molecule has 3 heterocycles. The number of aliphatic hydroxyl groups is 4. The van der Waals surface area contributed by atoms with Crippen molar-refractivity contribution in [3.63, 3.8) is 0 Å². The second-order valence-electron chi connectivity index (χ2n) is 21.0. The zero-order valence-corrected chi connectivity index (χ0v) is 39.0. The smallest absolute Gasteiger partial charge is 0.334 e. The Labute approximate surface area is 399 Å². The van der Waals surface area contributed by atoms with Crippen molar-refractivity contribution in [1.29, 1.82) is 0 Å². The molecule has 3 aromatic rings. The van der Waals surface area contributed by atoms with Crippen LogP contribution >= 0.6 is 0 Å². The first kappa shape index (κ1) is 46.5. The van der Waals surface area contributed by atoms with Gasteiger partial charge in [0.05, 0.1) is 31.2 Å². The summed E-state index contributed by atoms with van der Waals surface area (Å²) in [7, 11) is 0. The Balaban J connectivity index is 1.21. The highest BCUT2D eigenvalue weighted by Crippen LogP contribution is 2.58. The molecule has 0 aromatic heterocycles. The largest absolute Gasteiger partial charge is 0.507 e. The quantitative estimate of drug-likeness (QED) is 0.0615. The minimum atomic E-state index is -1.63. The van der Waals surface area contributed by atoms with Crippen LogP contribution in [0.15, 0.2) is 72.3 Å². The molecule has 3 aromatic carbocycles. The van der Waals surface area contributed by atoms with Gasteiger partial charge in [0.25, 0.3) is 0 Å². The van der Waals surface area contributed by atoms with E-state index in [-0.39, 0.29) is 92.0 Å². The summed E-state index contributed by atoms with van der Waals surface area (Å²) in [6.45, 7) is 1.63. The minimum absolute atomic E-state index is 0.0204. The first-order chi connectivity index (χ1) is 32.9. The highest BCUT2D eigenvalue weighted by atomic mass is 16.6. The van der Waals surface area contributed by atoms with Crippen LogP contribution in [0.3, 0.4) is 0 Å². The van der Waals surface area contributed by atoms with Crippen molar-refractivity contribution in [2.24, 2.45) is 29.6 Å². The number of hydrogen-bond donors (Lipinski definition) is 6. The third-order valence-electron chi connectivity index (χ3n) is 16.6. The van der Waals surface area contributed by atoms with Crippen LogP contribution in [0.25, 0.3) is 0 Å². The predicted molar refractivity (Wildman–Crippen MR) is 256 cm³/mol. The molecule has 3 fully saturated rings. The van der Waals surface area contributed by atoms with Crippen LogP contribution in [0, 0.1) is 41.4 Å².